The number of aryl methyl sites for hydroxylation is 1. The van der Waals surface area contributed by atoms with Crippen LogP contribution in [0.3, 0.4) is 0 Å². The highest BCUT2D eigenvalue weighted by atomic mass is 127. The van der Waals surface area contributed by atoms with Gasteiger partial charge in [-0.25, -0.2) is 9.38 Å². The minimum atomic E-state index is -0.203. The largest absolute Gasteiger partial charge is 0.396 e. The van der Waals surface area contributed by atoms with Crippen LogP contribution >= 0.6 is 24.0 Å². The maximum Gasteiger partial charge on any atom is 0.191 e. The standard InChI is InChI=1S/C18H28FN3O2.HI/c1-3-20-17(21-11-15-5-4-14(2)16(19)10-15)22-12-18(6-8-23)7-9-24-13-18;/h4-5,10,23H,3,6-9,11-13H2,1-2H3,(H2,20,21,22);1H. The van der Waals surface area contributed by atoms with Gasteiger partial charge in [0.05, 0.1) is 13.2 Å². The second-order valence-electron chi connectivity index (χ2n) is 6.41. The second kappa shape index (κ2) is 10.9. The highest BCUT2D eigenvalue weighted by Gasteiger charge is 2.34. The van der Waals surface area contributed by atoms with Crippen molar-refractivity contribution in [2.75, 3.05) is 32.9 Å². The Bertz CT molecular complexity index is 563. The molecule has 0 radical (unpaired) electrons. The van der Waals surface area contributed by atoms with Crippen LogP contribution in [0.15, 0.2) is 23.2 Å². The monoisotopic (exact) mass is 465 g/mol. The van der Waals surface area contributed by atoms with E-state index in [1.54, 1.807) is 13.0 Å². The lowest BCUT2D eigenvalue weighted by Gasteiger charge is -2.27. The molecule has 0 aromatic heterocycles. The molecule has 5 nitrogen and oxygen atoms in total. The maximum atomic E-state index is 13.6. The van der Waals surface area contributed by atoms with Crippen molar-refractivity contribution in [2.45, 2.75) is 33.2 Å². The van der Waals surface area contributed by atoms with Crippen LogP contribution in [0.4, 0.5) is 4.39 Å². The summed E-state index contributed by atoms with van der Waals surface area (Å²) in [6.07, 6.45) is 1.64. The predicted molar refractivity (Wildman–Crippen MR) is 109 cm³/mol. The van der Waals surface area contributed by atoms with Crippen molar-refractivity contribution in [3.63, 3.8) is 0 Å². The topological polar surface area (TPSA) is 65.9 Å². The van der Waals surface area contributed by atoms with E-state index < -0.39 is 0 Å². The number of aliphatic imine (C=N–C) groups is 1. The molecule has 0 aliphatic carbocycles. The smallest absolute Gasteiger partial charge is 0.191 e. The molecule has 0 bridgehead atoms. The summed E-state index contributed by atoms with van der Waals surface area (Å²) in [6, 6.07) is 5.19. The van der Waals surface area contributed by atoms with Crippen molar-refractivity contribution in [3.05, 3.63) is 35.1 Å². The number of halogens is 2. The minimum Gasteiger partial charge on any atom is -0.396 e. The number of aliphatic hydroxyl groups is 1. The molecular formula is C18H29FIN3O2. The molecule has 1 aromatic rings. The van der Waals surface area contributed by atoms with Crippen molar-refractivity contribution in [1.29, 1.82) is 0 Å². The summed E-state index contributed by atoms with van der Waals surface area (Å²) < 4.78 is 19.1. The molecule has 1 atom stereocenters. The van der Waals surface area contributed by atoms with Crippen LogP contribution in [0.1, 0.15) is 30.9 Å². The summed E-state index contributed by atoms with van der Waals surface area (Å²) in [6.45, 7) is 7.15. The van der Waals surface area contributed by atoms with Crippen molar-refractivity contribution in [3.8, 4) is 0 Å². The molecule has 1 aliphatic heterocycles. The Hall–Kier alpha value is -0.930. The Morgan fingerprint density at radius 2 is 2.20 bits per heavy atom. The molecular weight excluding hydrogens is 436 g/mol. The van der Waals surface area contributed by atoms with Crippen LogP contribution < -0.4 is 10.6 Å². The van der Waals surface area contributed by atoms with Gasteiger partial charge in [0.25, 0.3) is 0 Å². The predicted octanol–water partition coefficient (Wildman–Crippen LogP) is 2.60. The summed E-state index contributed by atoms with van der Waals surface area (Å²) >= 11 is 0. The van der Waals surface area contributed by atoms with Crippen molar-refractivity contribution in [2.24, 2.45) is 10.4 Å². The molecule has 0 spiro atoms. The van der Waals surface area contributed by atoms with Crippen LogP contribution in [-0.4, -0.2) is 44.0 Å². The third kappa shape index (κ3) is 6.71. The van der Waals surface area contributed by atoms with E-state index in [2.05, 4.69) is 15.6 Å². The summed E-state index contributed by atoms with van der Waals surface area (Å²) in [5.41, 5.74) is 1.44. The van der Waals surface area contributed by atoms with E-state index in [9.17, 15) is 9.50 Å². The molecule has 3 N–H and O–H groups in total. The zero-order valence-electron chi connectivity index (χ0n) is 15.0. The molecule has 1 unspecified atom stereocenters. The van der Waals surface area contributed by atoms with Gasteiger partial charge in [-0.1, -0.05) is 12.1 Å². The van der Waals surface area contributed by atoms with Crippen LogP contribution in [0.25, 0.3) is 0 Å². The fourth-order valence-electron chi connectivity index (χ4n) is 2.83. The summed E-state index contributed by atoms with van der Waals surface area (Å²) in [7, 11) is 0. The molecule has 1 heterocycles. The fraction of sp³-hybridized carbons (Fsp3) is 0.611. The van der Waals surface area contributed by atoms with Gasteiger partial charge in [0.1, 0.15) is 5.82 Å². The first kappa shape index (κ1) is 22.1. The molecule has 7 heteroatoms. The van der Waals surface area contributed by atoms with Gasteiger partial charge in [-0.3, -0.25) is 0 Å². The first-order valence-corrected chi connectivity index (χ1v) is 8.54. The first-order valence-electron chi connectivity index (χ1n) is 8.54. The van der Waals surface area contributed by atoms with Crippen molar-refractivity contribution in [1.82, 2.24) is 10.6 Å². The lowest BCUT2D eigenvalue weighted by Crippen LogP contribution is -2.44. The van der Waals surface area contributed by atoms with Crippen LogP contribution in [0.2, 0.25) is 0 Å². The van der Waals surface area contributed by atoms with E-state index in [1.807, 2.05) is 13.0 Å². The fourth-order valence-corrected chi connectivity index (χ4v) is 2.83. The third-order valence-corrected chi connectivity index (χ3v) is 4.46. The first-order chi connectivity index (χ1) is 11.6. The highest BCUT2D eigenvalue weighted by molar-refractivity contribution is 14.0. The summed E-state index contributed by atoms with van der Waals surface area (Å²) in [5, 5.41) is 15.8. The van der Waals surface area contributed by atoms with E-state index >= 15 is 0 Å². The summed E-state index contributed by atoms with van der Waals surface area (Å²) in [5.74, 6) is 0.494. The Morgan fingerprint density at radius 1 is 1.40 bits per heavy atom. The molecule has 142 valence electrons. The van der Waals surface area contributed by atoms with E-state index in [0.29, 0.717) is 37.6 Å². The lowest BCUT2D eigenvalue weighted by atomic mass is 9.84. The Kier molecular flexibility index (Phi) is 9.66. The number of nitrogens with zero attached hydrogens (tertiary/aromatic N) is 1. The quantitative estimate of drug-likeness (QED) is 0.329. The average Bonchev–Trinajstić information content (AvgIpc) is 3.02. The van der Waals surface area contributed by atoms with Gasteiger partial charge < -0.3 is 20.5 Å². The van der Waals surface area contributed by atoms with Crippen molar-refractivity contribution < 1.29 is 14.2 Å². The zero-order chi connectivity index (χ0) is 17.4. The van der Waals surface area contributed by atoms with Gasteiger partial charge in [-0.15, -0.1) is 24.0 Å². The van der Waals surface area contributed by atoms with Crippen molar-refractivity contribution >= 4 is 29.9 Å². The Balaban J connectivity index is 0.00000312. The highest BCUT2D eigenvalue weighted by Crippen LogP contribution is 2.31. The number of nitrogens with one attached hydrogen (secondary N) is 2. The van der Waals surface area contributed by atoms with E-state index in [4.69, 9.17) is 4.74 Å². The normalized spacial score (nSPS) is 20.2. The van der Waals surface area contributed by atoms with Gasteiger partial charge in [-0.05, 0) is 43.9 Å². The number of guanidine groups is 1. The van der Waals surface area contributed by atoms with Crippen LogP contribution in [0.5, 0.6) is 0 Å². The van der Waals surface area contributed by atoms with E-state index in [-0.39, 0.29) is 41.8 Å². The number of rotatable bonds is 7. The Morgan fingerprint density at radius 3 is 2.80 bits per heavy atom. The summed E-state index contributed by atoms with van der Waals surface area (Å²) in [4.78, 5) is 4.53. The van der Waals surface area contributed by atoms with E-state index in [0.717, 1.165) is 25.1 Å². The van der Waals surface area contributed by atoms with Gasteiger partial charge in [-0.2, -0.15) is 0 Å². The molecule has 2 rings (SSSR count). The SMILES string of the molecule is CCNC(=NCc1ccc(C)c(F)c1)NCC1(CCO)CCOC1.I. The van der Waals surface area contributed by atoms with Gasteiger partial charge in [0.2, 0.25) is 0 Å². The minimum absolute atomic E-state index is 0. The van der Waals surface area contributed by atoms with Gasteiger partial charge in [0.15, 0.2) is 5.96 Å². The molecule has 1 aromatic carbocycles. The Labute approximate surface area is 166 Å². The second-order valence-corrected chi connectivity index (χ2v) is 6.41. The maximum absolute atomic E-state index is 13.6. The number of benzene rings is 1. The molecule has 0 saturated carbocycles. The number of ether oxygens (including phenoxy) is 1. The number of hydrogen-bond donors (Lipinski definition) is 3. The third-order valence-electron chi connectivity index (χ3n) is 4.46. The van der Waals surface area contributed by atoms with Gasteiger partial charge in [0, 0.05) is 31.7 Å². The number of aliphatic hydroxyl groups excluding tert-OH is 1. The lowest BCUT2D eigenvalue weighted by molar-refractivity contribution is 0.127. The van der Waals surface area contributed by atoms with E-state index in [1.165, 1.54) is 6.07 Å². The molecule has 1 fully saturated rings. The van der Waals surface area contributed by atoms with Crippen LogP contribution in [-0.2, 0) is 11.3 Å². The molecule has 25 heavy (non-hydrogen) atoms. The molecule has 1 saturated heterocycles. The number of hydrogen-bond acceptors (Lipinski definition) is 3. The van der Waals surface area contributed by atoms with Crippen LogP contribution in [0, 0.1) is 18.2 Å². The average molecular weight is 465 g/mol. The molecule has 0 amide bonds. The molecule has 1 aliphatic rings. The van der Waals surface area contributed by atoms with Gasteiger partial charge >= 0.3 is 0 Å². The zero-order valence-corrected chi connectivity index (χ0v) is 17.3.